The first-order valence-corrected chi connectivity index (χ1v) is 8.87. The van der Waals surface area contributed by atoms with Crippen molar-refractivity contribution < 1.29 is 14.3 Å². The van der Waals surface area contributed by atoms with E-state index in [9.17, 15) is 14.9 Å². The highest BCUT2D eigenvalue weighted by molar-refractivity contribution is 6.30. The summed E-state index contributed by atoms with van der Waals surface area (Å²) in [7, 11) is 0. The average molecular weight is 383 g/mol. The first-order valence-electron chi connectivity index (χ1n) is 8.49. The lowest BCUT2D eigenvalue weighted by Crippen LogP contribution is -2.11. The summed E-state index contributed by atoms with van der Waals surface area (Å²) in [6, 6.07) is 15.2. The molecule has 0 saturated carbocycles. The Bertz CT molecular complexity index is 883. The van der Waals surface area contributed by atoms with Crippen molar-refractivity contribution >= 4 is 35.2 Å². The normalized spacial score (nSPS) is 10.8. The smallest absolute Gasteiger partial charge is 0.348 e. The minimum atomic E-state index is -0.651. The Hall–Kier alpha value is -3.10. The van der Waals surface area contributed by atoms with E-state index in [-0.39, 0.29) is 18.1 Å². The van der Waals surface area contributed by atoms with Gasteiger partial charge in [0, 0.05) is 16.3 Å². The highest BCUT2D eigenvalue weighted by atomic mass is 35.5. The van der Waals surface area contributed by atoms with E-state index in [0.29, 0.717) is 21.8 Å². The minimum absolute atomic E-state index is 0.0905. The lowest BCUT2D eigenvalue weighted by molar-refractivity contribution is -0.138. The number of benzene rings is 2. The van der Waals surface area contributed by atoms with Crippen LogP contribution in [0.2, 0.25) is 5.02 Å². The van der Waals surface area contributed by atoms with E-state index in [1.807, 2.05) is 13.0 Å². The third-order valence-electron chi connectivity index (χ3n) is 3.63. The number of nitrogens with one attached hydrogen (secondary N) is 1. The Morgan fingerprint density at radius 1 is 1.22 bits per heavy atom. The second-order valence-electron chi connectivity index (χ2n) is 5.75. The maximum atomic E-state index is 12.3. The SMILES string of the molecule is CCCCOC(=O)/C(C#N)=C/c1cccc(NC(=O)c2ccc(Cl)cc2)c1. The van der Waals surface area contributed by atoms with Crippen LogP contribution in [0.15, 0.2) is 54.1 Å². The van der Waals surface area contributed by atoms with Crippen LogP contribution in [0.5, 0.6) is 0 Å². The van der Waals surface area contributed by atoms with Crippen molar-refractivity contribution in [2.75, 3.05) is 11.9 Å². The van der Waals surface area contributed by atoms with Gasteiger partial charge in [-0.2, -0.15) is 5.26 Å². The molecule has 0 saturated heterocycles. The zero-order chi connectivity index (χ0) is 19.6. The van der Waals surface area contributed by atoms with E-state index in [0.717, 1.165) is 12.8 Å². The quantitative estimate of drug-likeness (QED) is 0.321. The summed E-state index contributed by atoms with van der Waals surface area (Å²) in [5.41, 5.74) is 1.53. The van der Waals surface area contributed by atoms with E-state index < -0.39 is 5.97 Å². The van der Waals surface area contributed by atoms with E-state index in [4.69, 9.17) is 16.3 Å². The number of halogens is 1. The van der Waals surface area contributed by atoms with Gasteiger partial charge in [-0.3, -0.25) is 4.79 Å². The van der Waals surface area contributed by atoms with Crippen molar-refractivity contribution in [3.63, 3.8) is 0 Å². The van der Waals surface area contributed by atoms with Crippen molar-refractivity contribution in [1.82, 2.24) is 0 Å². The fourth-order valence-electron chi connectivity index (χ4n) is 2.20. The Labute approximate surface area is 163 Å². The summed E-state index contributed by atoms with van der Waals surface area (Å²) in [6.07, 6.45) is 3.08. The Balaban J connectivity index is 2.11. The van der Waals surface area contributed by atoms with Crippen molar-refractivity contribution in [1.29, 1.82) is 5.26 Å². The van der Waals surface area contributed by atoms with Crippen molar-refractivity contribution in [2.45, 2.75) is 19.8 Å². The van der Waals surface area contributed by atoms with Crippen LogP contribution in [-0.4, -0.2) is 18.5 Å². The number of nitriles is 1. The molecule has 5 nitrogen and oxygen atoms in total. The first kappa shape index (κ1) is 20.2. The van der Waals surface area contributed by atoms with Crippen LogP contribution in [0.25, 0.3) is 6.08 Å². The highest BCUT2D eigenvalue weighted by Crippen LogP contribution is 2.16. The number of carbonyl (C=O) groups is 2. The summed E-state index contributed by atoms with van der Waals surface area (Å²) in [6.45, 7) is 2.27. The molecule has 0 heterocycles. The Morgan fingerprint density at radius 3 is 2.63 bits per heavy atom. The Kier molecular flexibility index (Phi) is 7.60. The van der Waals surface area contributed by atoms with Crippen LogP contribution in [0.4, 0.5) is 5.69 Å². The van der Waals surface area contributed by atoms with Gasteiger partial charge < -0.3 is 10.1 Å². The molecule has 0 aromatic heterocycles. The van der Waals surface area contributed by atoms with Gasteiger partial charge in [-0.15, -0.1) is 0 Å². The molecule has 2 aromatic rings. The van der Waals surface area contributed by atoms with Crippen molar-refractivity contribution in [2.24, 2.45) is 0 Å². The third kappa shape index (κ3) is 6.28. The van der Waals surface area contributed by atoms with Gasteiger partial charge in [0.1, 0.15) is 11.6 Å². The zero-order valence-electron chi connectivity index (χ0n) is 14.9. The largest absolute Gasteiger partial charge is 0.462 e. The Morgan fingerprint density at radius 2 is 1.96 bits per heavy atom. The average Bonchev–Trinajstić information content (AvgIpc) is 2.67. The second-order valence-corrected chi connectivity index (χ2v) is 6.18. The van der Waals surface area contributed by atoms with Crippen LogP contribution in [0.3, 0.4) is 0 Å². The minimum Gasteiger partial charge on any atom is -0.462 e. The van der Waals surface area contributed by atoms with Crippen LogP contribution < -0.4 is 5.32 Å². The second kappa shape index (κ2) is 10.1. The molecule has 138 valence electrons. The van der Waals surface area contributed by atoms with Gasteiger partial charge in [-0.25, -0.2) is 4.79 Å². The van der Waals surface area contributed by atoms with E-state index in [2.05, 4.69) is 5.32 Å². The van der Waals surface area contributed by atoms with Gasteiger partial charge in [-0.05, 0) is 54.5 Å². The zero-order valence-corrected chi connectivity index (χ0v) is 15.6. The molecule has 0 fully saturated rings. The lowest BCUT2D eigenvalue weighted by atomic mass is 10.1. The molecule has 0 aliphatic rings. The monoisotopic (exact) mass is 382 g/mol. The van der Waals surface area contributed by atoms with Crippen molar-refractivity contribution in [3.8, 4) is 6.07 Å². The van der Waals surface area contributed by atoms with Gasteiger partial charge >= 0.3 is 5.97 Å². The van der Waals surface area contributed by atoms with Crippen LogP contribution in [0.1, 0.15) is 35.7 Å². The van der Waals surface area contributed by atoms with E-state index >= 15 is 0 Å². The number of ether oxygens (including phenoxy) is 1. The van der Waals surface area contributed by atoms with Crippen molar-refractivity contribution in [3.05, 3.63) is 70.3 Å². The molecule has 2 rings (SSSR count). The highest BCUT2D eigenvalue weighted by Gasteiger charge is 2.11. The molecule has 0 spiro atoms. The summed E-state index contributed by atoms with van der Waals surface area (Å²) in [5.74, 6) is -0.936. The van der Waals surface area contributed by atoms with Gasteiger partial charge in [0.15, 0.2) is 0 Å². The molecule has 0 atom stereocenters. The fourth-order valence-corrected chi connectivity index (χ4v) is 2.33. The van der Waals surface area contributed by atoms with Gasteiger partial charge in [-0.1, -0.05) is 37.1 Å². The molecule has 1 N–H and O–H groups in total. The molecule has 27 heavy (non-hydrogen) atoms. The first-order chi connectivity index (χ1) is 13.0. The molecule has 2 aromatic carbocycles. The molecule has 0 unspecified atom stereocenters. The van der Waals surface area contributed by atoms with Gasteiger partial charge in [0.05, 0.1) is 6.61 Å². The van der Waals surface area contributed by atoms with Crippen LogP contribution in [-0.2, 0) is 9.53 Å². The van der Waals surface area contributed by atoms with Crippen LogP contribution in [0, 0.1) is 11.3 Å². The number of hydrogen-bond acceptors (Lipinski definition) is 4. The molecule has 6 heteroatoms. The van der Waals surface area contributed by atoms with E-state index in [1.165, 1.54) is 6.08 Å². The number of anilines is 1. The number of unbranched alkanes of at least 4 members (excludes halogenated alkanes) is 1. The molecule has 0 bridgehead atoms. The summed E-state index contributed by atoms with van der Waals surface area (Å²) in [5, 5.41) is 12.5. The molecule has 0 aliphatic carbocycles. The third-order valence-corrected chi connectivity index (χ3v) is 3.89. The number of hydrogen-bond donors (Lipinski definition) is 1. The number of amides is 1. The predicted octanol–water partition coefficient (Wildman–Crippen LogP) is 4.84. The van der Waals surface area contributed by atoms with E-state index in [1.54, 1.807) is 48.5 Å². The van der Waals surface area contributed by atoms with Gasteiger partial charge in [0.25, 0.3) is 5.91 Å². The summed E-state index contributed by atoms with van der Waals surface area (Å²) >= 11 is 5.82. The number of nitrogens with zero attached hydrogens (tertiary/aromatic N) is 1. The standard InChI is InChI=1S/C21H19ClN2O3/c1-2-3-11-27-21(26)17(14-23)12-15-5-4-6-19(13-15)24-20(25)16-7-9-18(22)10-8-16/h4-10,12-13H,2-3,11H2,1H3,(H,24,25)/b17-12+. The van der Waals surface area contributed by atoms with Gasteiger partial charge in [0.2, 0.25) is 0 Å². The fraction of sp³-hybridized carbons (Fsp3) is 0.190. The molecular weight excluding hydrogens is 364 g/mol. The summed E-state index contributed by atoms with van der Waals surface area (Å²) in [4.78, 5) is 24.2. The summed E-state index contributed by atoms with van der Waals surface area (Å²) < 4.78 is 5.06. The topological polar surface area (TPSA) is 79.2 Å². The van der Waals surface area contributed by atoms with Crippen LogP contribution >= 0.6 is 11.6 Å². The molecule has 0 aliphatic heterocycles. The maximum absolute atomic E-state index is 12.3. The number of esters is 1. The molecular formula is C21H19ClN2O3. The number of rotatable bonds is 7. The predicted molar refractivity (Wildman–Crippen MR) is 105 cm³/mol. The maximum Gasteiger partial charge on any atom is 0.348 e. The molecule has 0 radical (unpaired) electrons. The lowest BCUT2D eigenvalue weighted by Gasteiger charge is -2.07. The number of carbonyl (C=O) groups excluding carboxylic acids is 2. The molecule has 1 amide bonds.